The van der Waals surface area contributed by atoms with E-state index in [9.17, 15) is 9.59 Å². The van der Waals surface area contributed by atoms with Crippen LogP contribution in [0.15, 0.2) is 24.3 Å². The number of hydrogen-bond acceptors (Lipinski definition) is 3. The Morgan fingerprint density at radius 2 is 1.44 bits per heavy atom. The lowest BCUT2D eigenvalue weighted by atomic mass is 10.1. The smallest absolute Gasteiger partial charge is 0.242 e. The molecule has 0 unspecified atom stereocenters. The average molecular weight is 343 g/mol. The van der Waals surface area contributed by atoms with Crippen LogP contribution in [0, 0.1) is 0 Å². The summed E-state index contributed by atoms with van der Waals surface area (Å²) in [6.45, 7) is 5.50. The van der Waals surface area contributed by atoms with Crippen molar-refractivity contribution in [3.63, 3.8) is 0 Å². The molecule has 2 heterocycles. The van der Waals surface area contributed by atoms with Crippen molar-refractivity contribution in [2.24, 2.45) is 0 Å². The molecular formula is C20H29N3O2. The number of carbonyl (C=O) groups is 2. The maximum atomic E-state index is 12.5. The highest BCUT2D eigenvalue weighted by Gasteiger charge is 2.22. The molecule has 0 saturated carbocycles. The summed E-state index contributed by atoms with van der Waals surface area (Å²) in [6.07, 6.45) is 7.12. The second-order valence-electron chi connectivity index (χ2n) is 7.11. The number of piperidine rings is 2. The monoisotopic (exact) mass is 343 g/mol. The molecular weight excluding hydrogens is 314 g/mol. The van der Waals surface area contributed by atoms with Crippen LogP contribution in [0.5, 0.6) is 0 Å². The lowest BCUT2D eigenvalue weighted by Gasteiger charge is -2.31. The first-order chi connectivity index (χ1) is 12.1. The van der Waals surface area contributed by atoms with Crippen molar-refractivity contribution in [3.8, 4) is 0 Å². The Kier molecular flexibility index (Phi) is 5.95. The molecule has 2 aliphatic rings. The van der Waals surface area contributed by atoms with Crippen molar-refractivity contribution in [2.75, 3.05) is 42.5 Å². The van der Waals surface area contributed by atoms with E-state index in [-0.39, 0.29) is 18.4 Å². The number of hydrogen-bond donors (Lipinski definition) is 0. The van der Waals surface area contributed by atoms with Gasteiger partial charge < -0.3 is 14.7 Å². The van der Waals surface area contributed by atoms with Crippen LogP contribution in [0.2, 0.25) is 0 Å². The summed E-state index contributed by atoms with van der Waals surface area (Å²) in [5.74, 6) is -0.0360. The molecule has 0 bridgehead atoms. The van der Waals surface area contributed by atoms with Gasteiger partial charge >= 0.3 is 0 Å². The van der Waals surface area contributed by atoms with Gasteiger partial charge in [-0.05, 0) is 62.8 Å². The molecule has 1 aromatic rings. The first-order valence-electron chi connectivity index (χ1n) is 9.56. The van der Waals surface area contributed by atoms with E-state index in [1.807, 2.05) is 17.0 Å². The first-order valence-corrected chi connectivity index (χ1v) is 9.56. The quantitative estimate of drug-likeness (QED) is 0.844. The number of anilines is 2. The number of carbonyl (C=O) groups excluding carboxylic acids is 2. The molecule has 2 fully saturated rings. The zero-order valence-corrected chi connectivity index (χ0v) is 15.2. The maximum absolute atomic E-state index is 12.5. The fourth-order valence-electron chi connectivity index (χ4n) is 3.76. The van der Waals surface area contributed by atoms with Gasteiger partial charge in [-0.15, -0.1) is 0 Å². The van der Waals surface area contributed by atoms with Crippen LogP contribution in [0.25, 0.3) is 0 Å². The third kappa shape index (κ3) is 4.53. The third-order valence-electron chi connectivity index (χ3n) is 5.26. The van der Waals surface area contributed by atoms with Gasteiger partial charge in [0.2, 0.25) is 11.8 Å². The largest absolute Gasteiger partial charge is 0.372 e. The van der Waals surface area contributed by atoms with Gasteiger partial charge in [0, 0.05) is 44.5 Å². The maximum Gasteiger partial charge on any atom is 0.242 e. The zero-order chi connectivity index (χ0) is 17.6. The van der Waals surface area contributed by atoms with E-state index in [4.69, 9.17) is 0 Å². The second kappa shape index (κ2) is 8.37. The Hall–Kier alpha value is -2.04. The summed E-state index contributed by atoms with van der Waals surface area (Å²) in [4.78, 5) is 30.5. The van der Waals surface area contributed by atoms with Crippen molar-refractivity contribution >= 4 is 23.2 Å². The zero-order valence-electron chi connectivity index (χ0n) is 15.2. The van der Waals surface area contributed by atoms with Crippen molar-refractivity contribution in [1.82, 2.24) is 4.90 Å². The summed E-state index contributed by atoms with van der Waals surface area (Å²) in [6, 6.07) is 8.08. The fourth-order valence-corrected chi connectivity index (χ4v) is 3.76. The van der Waals surface area contributed by atoms with Crippen LogP contribution in [-0.2, 0) is 9.59 Å². The minimum absolute atomic E-state index is 0.0509. The molecule has 0 radical (unpaired) electrons. The molecule has 0 atom stereocenters. The summed E-state index contributed by atoms with van der Waals surface area (Å²) in [5.41, 5.74) is 2.01. The van der Waals surface area contributed by atoms with Crippen molar-refractivity contribution in [3.05, 3.63) is 24.3 Å². The van der Waals surface area contributed by atoms with E-state index in [0.717, 1.165) is 44.7 Å². The molecule has 0 aromatic heterocycles. The van der Waals surface area contributed by atoms with E-state index in [0.29, 0.717) is 0 Å². The number of rotatable bonds is 4. The van der Waals surface area contributed by atoms with E-state index >= 15 is 0 Å². The van der Waals surface area contributed by atoms with E-state index in [1.165, 1.54) is 38.3 Å². The van der Waals surface area contributed by atoms with Gasteiger partial charge in [-0.2, -0.15) is 0 Å². The van der Waals surface area contributed by atoms with Crippen LogP contribution in [0.4, 0.5) is 11.4 Å². The SMILES string of the molecule is CC(=O)N(CC(=O)N1CCCCC1)c1ccc(N2CCCCC2)cc1. The summed E-state index contributed by atoms with van der Waals surface area (Å²) < 4.78 is 0. The van der Waals surface area contributed by atoms with Crippen LogP contribution in [-0.4, -0.2) is 49.4 Å². The molecule has 0 spiro atoms. The summed E-state index contributed by atoms with van der Waals surface area (Å²) in [5, 5.41) is 0. The molecule has 3 rings (SSSR count). The van der Waals surface area contributed by atoms with Crippen molar-refractivity contribution < 1.29 is 9.59 Å². The van der Waals surface area contributed by atoms with E-state index in [2.05, 4.69) is 17.0 Å². The van der Waals surface area contributed by atoms with Crippen molar-refractivity contribution in [2.45, 2.75) is 45.4 Å². The van der Waals surface area contributed by atoms with Gasteiger partial charge in [-0.25, -0.2) is 0 Å². The highest BCUT2D eigenvalue weighted by molar-refractivity contribution is 5.97. The highest BCUT2D eigenvalue weighted by atomic mass is 16.2. The normalized spacial score (nSPS) is 18.1. The predicted octanol–water partition coefficient (Wildman–Crippen LogP) is 3.04. The Labute approximate surface area is 150 Å². The number of amides is 2. The third-order valence-corrected chi connectivity index (χ3v) is 5.26. The summed E-state index contributed by atoms with van der Waals surface area (Å²) in [7, 11) is 0. The van der Waals surface area contributed by atoms with E-state index < -0.39 is 0 Å². The van der Waals surface area contributed by atoms with Crippen LogP contribution in [0.3, 0.4) is 0 Å². The predicted molar refractivity (Wildman–Crippen MR) is 101 cm³/mol. The van der Waals surface area contributed by atoms with Crippen LogP contribution in [0.1, 0.15) is 45.4 Å². The average Bonchev–Trinajstić information content (AvgIpc) is 2.67. The molecule has 5 heteroatoms. The lowest BCUT2D eigenvalue weighted by molar-refractivity contribution is -0.132. The van der Waals surface area contributed by atoms with Gasteiger partial charge in [0.05, 0.1) is 0 Å². The molecule has 25 heavy (non-hydrogen) atoms. The number of benzene rings is 1. The molecule has 0 aliphatic carbocycles. The van der Waals surface area contributed by atoms with Gasteiger partial charge in [-0.1, -0.05) is 0 Å². The van der Waals surface area contributed by atoms with Crippen LogP contribution >= 0.6 is 0 Å². The summed E-state index contributed by atoms with van der Waals surface area (Å²) >= 11 is 0. The standard InChI is InChI=1S/C20H29N3O2/c1-17(24)23(16-20(25)22-14-6-3-7-15-22)19-10-8-18(9-11-19)21-12-4-2-5-13-21/h8-11H,2-7,12-16H2,1H3. The molecule has 2 aliphatic heterocycles. The van der Waals surface area contributed by atoms with Gasteiger partial charge in [0.1, 0.15) is 6.54 Å². The Bertz CT molecular complexity index is 587. The molecule has 2 amide bonds. The van der Waals surface area contributed by atoms with Crippen LogP contribution < -0.4 is 9.80 Å². The van der Waals surface area contributed by atoms with Gasteiger partial charge in [-0.3, -0.25) is 9.59 Å². The minimum atomic E-state index is -0.0870. The minimum Gasteiger partial charge on any atom is -0.372 e. The number of nitrogens with zero attached hydrogens (tertiary/aromatic N) is 3. The van der Waals surface area contributed by atoms with Crippen molar-refractivity contribution in [1.29, 1.82) is 0 Å². The molecule has 2 saturated heterocycles. The first kappa shape index (κ1) is 17.8. The molecule has 0 N–H and O–H groups in total. The Morgan fingerprint density at radius 3 is 2.00 bits per heavy atom. The molecule has 5 nitrogen and oxygen atoms in total. The Balaban J connectivity index is 1.67. The fraction of sp³-hybridized carbons (Fsp3) is 0.600. The topological polar surface area (TPSA) is 43.9 Å². The number of likely N-dealkylation sites (tertiary alicyclic amines) is 1. The van der Waals surface area contributed by atoms with Gasteiger partial charge in [0.15, 0.2) is 0 Å². The van der Waals surface area contributed by atoms with Gasteiger partial charge in [0.25, 0.3) is 0 Å². The lowest BCUT2D eigenvalue weighted by Crippen LogP contribution is -2.44. The van der Waals surface area contributed by atoms with E-state index in [1.54, 1.807) is 4.90 Å². The second-order valence-corrected chi connectivity index (χ2v) is 7.11. The highest BCUT2D eigenvalue weighted by Crippen LogP contribution is 2.24. The Morgan fingerprint density at radius 1 is 0.880 bits per heavy atom. The molecule has 136 valence electrons. The molecule has 1 aromatic carbocycles.